The van der Waals surface area contributed by atoms with Crippen LogP contribution in [0.5, 0.6) is 0 Å². The Kier molecular flexibility index (Phi) is 9.63. The Morgan fingerprint density at radius 2 is 1.33 bits per heavy atom. The number of hydrogen-bond donors (Lipinski definition) is 0. The minimum absolute atomic E-state index is 0.0786. The third-order valence-electron chi connectivity index (χ3n) is 3.32. The molecule has 0 spiro atoms. The van der Waals surface area contributed by atoms with E-state index in [0.717, 1.165) is 25.9 Å². The Morgan fingerprint density at radius 1 is 1.00 bits per heavy atom. The molecule has 2 nitrogen and oxygen atoms in total. The largest absolute Gasteiger partial charge is 0.306 e. The molecule has 0 radical (unpaired) electrons. The van der Waals surface area contributed by atoms with Gasteiger partial charge in [0.25, 0.3) is 0 Å². The summed E-state index contributed by atoms with van der Waals surface area (Å²) in [5.41, 5.74) is -0.268. The molecule has 1 saturated heterocycles. The van der Waals surface area contributed by atoms with Gasteiger partial charge in [0.15, 0.2) is 0 Å². The lowest BCUT2D eigenvalue weighted by Crippen LogP contribution is -2.45. The number of nitrogens with zero attached hydrogens (tertiary/aromatic N) is 1. The minimum atomic E-state index is -0.190. The monoisotopic (exact) mass is 257 g/mol. The number of likely N-dealkylation sites (tertiary alicyclic amines) is 1. The van der Waals surface area contributed by atoms with Crippen molar-refractivity contribution < 1.29 is 4.79 Å². The average molecular weight is 257 g/mol. The van der Waals surface area contributed by atoms with E-state index in [-0.39, 0.29) is 10.8 Å². The van der Waals surface area contributed by atoms with Gasteiger partial charge in [-0.25, -0.2) is 0 Å². The molecule has 1 heterocycles. The van der Waals surface area contributed by atoms with E-state index in [4.69, 9.17) is 0 Å². The SMILES string of the molecule is CC.CC.CN1CCC(C)(C(=O)C(C)(C)C)CC1. The summed E-state index contributed by atoms with van der Waals surface area (Å²) in [4.78, 5) is 14.5. The fraction of sp³-hybridized carbons (Fsp3) is 0.938. The third-order valence-corrected chi connectivity index (χ3v) is 3.32. The van der Waals surface area contributed by atoms with Gasteiger partial charge in [-0.05, 0) is 33.0 Å². The molecule has 1 aliphatic heterocycles. The Labute approximate surface area is 115 Å². The highest BCUT2D eigenvalue weighted by atomic mass is 16.1. The normalized spacial score (nSPS) is 18.9. The van der Waals surface area contributed by atoms with E-state index in [1.807, 2.05) is 48.5 Å². The molecule has 110 valence electrons. The van der Waals surface area contributed by atoms with E-state index in [1.54, 1.807) is 0 Å². The lowest BCUT2D eigenvalue weighted by Gasteiger charge is -2.40. The Bertz CT molecular complexity index is 220. The van der Waals surface area contributed by atoms with Crippen LogP contribution in [0, 0.1) is 10.8 Å². The molecular weight excluding hydrogens is 222 g/mol. The maximum Gasteiger partial charge on any atom is 0.144 e. The fourth-order valence-electron chi connectivity index (χ4n) is 2.24. The molecule has 1 fully saturated rings. The second-order valence-electron chi connectivity index (χ2n) is 5.94. The summed E-state index contributed by atoms with van der Waals surface area (Å²) < 4.78 is 0. The van der Waals surface area contributed by atoms with Crippen LogP contribution in [-0.2, 0) is 4.79 Å². The first-order valence-electron chi connectivity index (χ1n) is 7.49. The van der Waals surface area contributed by atoms with Crippen molar-refractivity contribution in [1.29, 1.82) is 0 Å². The van der Waals surface area contributed by atoms with Crippen LogP contribution < -0.4 is 0 Å². The first-order chi connectivity index (χ1) is 8.26. The van der Waals surface area contributed by atoms with Crippen molar-refractivity contribution in [3.63, 3.8) is 0 Å². The summed E-state index contributed by atoms with van der Waals surface area (Å²) in [6, 6.07) is 0. The maximum absolute atomic E-state index is 12.2. The molecule has 0 aromatic heterocycles. The third kappa shape index (κ3) is 5.99. The Hall–Kier alpha value is -0.370. The Balaban J connectivity index is 0. The summed E-state index contributed by atoms with van der Waals surface area (Å²) in [6.45, 7) is 18.3. The number of rotatable bonds is 1. The van der Waals surface area contributed by atoms with Crippen LogP contribution in [0.25, 0.3) is 0 Å². The minimum Gasteiger partial charge on any atom is -0.306 e. The zero-order chi connectivity index (χ0) is 15.0. The van der Waals surface area contributed by atoms with Crippen molar-refractivity contribution in [2.45, 2.75) is 68.2 Å². The van der Waals surface area contributed by atoms with Gasteiger partial charge in [0.2, 0.25) is 0 Å². The van der Waals surface area contributed by atoms with E-state index in [1.165, 1.54) is 0 Å². The standard InChI is InChI=1S/C12H23NO.2C2H6/c1-11(2,3)10(14)12(4)6-8-13(5)9-7-12;2*1-2/h6-9H2,1-5H3;2*1-2H3. The molecule has 0 aliphatic carbocycles. The molecule has 0 saturated carbocycles. The predicted octanol–water partition coefficient (Wildman–Crippen LogP) is 4.39. The van der Waals surface area contributed by atoms with Crippen LogP contribution in [0.4, 0.5) is 0 Å². The van der Waals surface area contributed by atoms with E-state index in [2.05, 4.69) is 18.9 Å². The molecule has 0 aromatic rings. The number of carbonyl (C=O) groups is 1. The van der Waals surface area contributed by atoms with Gasteiger partial charge in [0.05, 0.1) is 0 Å². The fourth-order valence-corrected chi connectivity index (χ4v) is 2.24. The lowest BCUT2D eigenvalue weighted by atomic mass is 9.68. The Morgan fingerprint density at radius 3 is 1.61 bits per heavy atom. The van der Waals surface area contributed by atoms with Gasteiger partial charge < -0.3 is 4.90 Å². The van der Waals surface area contributed by atoms with Crippen molar-refractivity contribution in [2.24, 2.45) is 10.8 Å². The van der Waals surface area contributed by atoms with Crippen LogP contribution in [-0.4, -0.2) is 30.8 Å². The average Bonchev–Trinajstić information content (AvgIpc) is 2.36. The van der Waals surface area contributed by atoms with Crippen molar-refractivity contribution >= 4 is 5.78 Å². The molecule has 0 amide bonds. The molecule has 0 aromatic carbocycles. The van der Waals surface area contributed by atoms with Gasteiger partial charge >= 0.3 is 0 Å². The molecular formula is C16H35NO. The molecule has 0 bridgehead atoms. The van der Waals surface area contributed by atoms with Gasteiger partial charge in [-0.3, -0.25) is 4.79 Å². The summed E-state index contributed by atoms with van der Waals surface area (Å²) in [5.74, 6) is 0.429. The van der Waals surface area contributed by atoms with Crippen molar-refractivity contribution in [3.05, 3.63) is 0 Å². The van der Waals surface area contributed by atoms with Crippen LogP contribution in [0.3, 0.4) is 0 Å². The summed E-state index contributed by atoms with van der Waals surface area (Å²) in [5, 5.41) is 0. The van der Waals surface area contributed by atoms with Gasteiger partial charge in [-0.15, -0.1) is 0 Å². The number of Topliss-reactive ketones (excluding diaryl/α,β-unsaturated/α-hetero) is 1. The number of piperidine rings is 1. The molecule has 1 aliphatic rings. The van der Waals surface area contributed by atoms with Crippen molar-refractivity contribution in [1.82, 2.24) is 4.90 Å². The van der Waals surface area contributed by atoms with Crippen molar-refractivity contribution in [2.75, 3.05) is 20.1 Å². The van der Waals surface area contributed by atoms with E-state index >= 15 is 0 Å². The zero-order valence-corrected chi connectivity index (χ0v) is 14.2. The van der Waals surface area contributed by atoms with E-state index < -0.39 is 0 Å². The highest BCUT2D eigenvalue weighted by Crippen LogP contribution is 2.37. The van der Waals surface area contributed by atoms with Gasteiger partial charge in [0, 0.05) is 10.8 Å². The summed E-state index contributed by atoms with van der Waals surface area (Å²) in [6.07, 6.45) is 2.03. The number of ketones is 1. The molecule has 2 heteroatoms. The molecule has 1 rings (SSSR count). The molecule has 0 unspecified atom stereocenters. The highest BCUT2D eigenvalue weighted by molar-refractivity contribution is 5.89. The second kappa shape index (κ2) is 8.68. The topological polar surface area (TPSA) is 20.3 Å². The van der Waals surface area contributed by atoms with Crippen LogP contribution in [0.1, 0.15) is 68.2 Å². The molecule has 0 atom stereocenters. The number of carbonyl (C=O) groups excluding carboxylic acids is 1. The second-order valence-corrected chi connectivity index (χ2v) is 5.94. The molecule has 0 N–H and O–H groups in total. The lowest BCUT2D eigenvalue weighted by molar-refractivity contribution is -0.138. The molecule has 18 heavy (non-hydrogen) atoms. The predicted molar refractivity (Wildman–Crippen MR) is 82.0 cm³/mol. The van der Waals surface area contributed by atoms with E-state index in [0.29, 0.717) is 5.78 Å². The van der Waals surface area contributed by atoms with E-state index in [9.17, 15) is 4.79 Å². The zero-order valence-electron chi connectivity index (χ0n) is 14.2. The quantitative estimate of drug-likeness (QED) is 0.694. The highest BCUT2D eigenvalue weighted by Gasteiger charge is 2.41. The first kappa shape index (κ1) is 20.0. The summed E-state index contributed by atoms with van der Waals surface area (Å²) >= 11 is 0. The van der Waals surface area contributed by atoms with Crippen molar-refractivity contribution in [3.8, 4) is 0 Å². The summed E-state index contributed by atoms with van der Waals surface area (Å²) in [7, 11) is 2.13. The van der Waals surface area contributed by atoms with Gasteiger partial charge in [-0.1, -0.05) is 55.4 Å². The number of hydrogen-bond acceptors (Lipinski definition) is 2. The maximum atomic E-state index is 12.2. The first-order valence-corrected chi connectivity index (χ1v) is 7.49. The van der Waals surface area contributed by atoms with Crippen LogP contribution in [0.2, 0.25) is 0 Å². The smallest absolute Gasteiger partial charge is 0.144 e. The van der Waals surface area contributed by atoms with Gasteiger partial charge in [-0.2, -0.15) is 0 Å². The van der Waals surface area contributed by atoms with Crippen LogP contribution in [0.15, 0.2) is 0 Å². The van der Waals surface area contributed by atoms with Gasteiger partial charge in [0.1, 0.15) is 5.78 Å². The van der Waals surface area contributed by atoms with Crippen LogP contribution >= 0.6 is 0 Å².